The molecule has 0 unspecified atom stereocenters. The molecule has 76 heavy (non-hydrogen) atoms. The van der Waals surface area contributed by atoms with E-state index < -0.39 is 5.41 Å². The van der Waals surface area contributed by atoms with E-state index in [-0.39, 0.29) is 21.9 Å². The second-order valence-corrected chi connectivity index (χ2v) is 19.9. The van der Waals surface area contributed by atoms with Gasteiger partial charge in [-0.1, -0.05) is 209 Å². The summed E-state index contributed by atoms with van der Waals surface area (Å²) in [6.45, 7) is 0. The van der Waals surface area contributed by atoms with E-state index in [9.17, 15) is 0 Å². The normalized spacial score (nSPS) is 12.7. The molecule has 11 aromatic carbocycles. The molecular formula is C67H37B7N2. The Morgan fingerprint density at radius 3 is 1.38 bits per heavy atom. The Labute approximate surface area is 451 Å². The minimum Gasteiger partial charge on any atom is -0.311 e. The summed E-state index contributed by atoms with van der Waals surface area (Å²) in [5.41, 5.74) is 19.4. The van der Waals surface area contributed by atoms with Gasteiger partial charge in [0.1, 0.15) is 54.9 Å². The molecule has 0 atom stereocenters. The van der Waals surface area contributed by atoms with Crippen molar-refractivity contribution in [3.05, 3.63) is 247 Å². The van der Waals surface area contributed by atoms with E-state index in [1.54, 1.807) is 0 Å². The molecule has 9 heteroatoms. The first kappa shape index (κ1) is 46.0. The summed E-state index contributed by atoms with van der Waals surface area (Å²) in [6, 6.07) is 79.5. The van der Waals surface area contributed by atoms with Crippen molar-refractivity contribution < 1.29 is 0 Å². The third kappa shape index (κ3) is 6.57. The largest absolute Gasteiger partial charge is 0.311 e. The van der Waals surface area contributed by atoms with Gasteiger partial charge in [-0.25, -0.2) is 0 Å². The minimum atomic E-state index is -0.528. The number of hydrogen-bond donors (Lipinski definition) is 0. The number of nitrogens with zero attached hydrogens (tertiary/aromatic N) is 2. The number of benzene rings is 11. The Morgan fingerprint density at radius 2 is 0.750 bits per heavy atom. The minimum absolute atomic E-state index is 0.171. The summed E-state index contributed by atoms with van der Waals surface area (Å²) in [6.07, 6.45) is 0. The molecule has 0 saturated heterocycles. The molecule has 0 fully saturated rings. The van der Waals surface area contributed by atoms with E-state index in [0.717, 1.165) is 61.0 Å². The quantitative estimate of drug-likeness (QED) is 0.142. The summed E-state index contributed by atoms with van der Waals surface area (Å²) in [4.78, 5) is 0. The van der Waals surface area contributed by atoms with Crippen molar-refractivity contribution in [2.75, 3.05) is 0 Å². The summed E-state index contributed by atoms with van der Waals surface area (Å²) in [5.74, 6) is 0. The lowest BCUT2D eigenvalue weighted by Gasteiger charge is -2.34. The molecule has 0 amide bonds. The number of rotatable bonds is 7. The molecule has 2 aromatic heterocycles. The molecule has 0 aliphatic heterocycles. The van der Waals surface area contributed by atoms with Gasteiger partial charge in [0.05, 0.1) is 16.4 Å². The molecule has 0 spiro atoms. The molecule has 2 nitrogen and oxygen atoms in total. The Balaban J connectivity index is 0.978. The van der Waals surface area contributed by atoms with E-state index in [4.69, 9.17) is 54.9 Å². The van der Waals surface area contributed by atoms with E-state index in [0.29, 0.717) is 43.8 Å². The number of hydrogen-bond acceptors (Lipinski definition) is 0. The van der Waals surface area contributed by atoms with Crippen LogP contribution < -0.4 is 38.2 Å². The van der Waals surface area contributed by atoms with Crippen molar-refractivity contribution in [2.45, 2.75) is 5.41 Å². The molecule has 1 aliphatic carbocycles. The van der Waals surface area contributed by atoms with Gasteiger partial charge in [0.2, 0.25) is 0 Å². The number of aromatic nitrogens is 2. The van der Waals surface area contributed by atoms with Crippen LogP contribution in [-0.2, 0) is 5.41 Å². The fourth-order valence-electron chi connectivity index (χ4n) is 12.5. The fraction of sp³-hybridized carbons (Fsp3) is 0.0149. The van der Waals surface area contributed by atoms with E-state index >= 15 is 0 Å². The lowest BCUT2D eigenvalue weighted by molar-refractivity contribution is 0.768. The van der Waals surface area contributed by atoms with Crippen LogP contribution in [0.4, 0.5) is 0 Å². The Morgan fingerprint density at radius 1 is 0.289 bits per heavy atom. The van der Waals surface area contributed by atoms with E-state index in [2.05, 4.69) is 193 Å². The molecule has 14 rings (SSSR count). The highest BCUT2D eigenvalue weighted by molar-refractivity contribution is 6.69. The first-order valence-electron chi connectivity index (χ1n) is 25.4. The van der Waals surface area contributed by atoms with Gasteiger partial charge in [0.25, 0.3) is 0 Å². The second-order valence-electron chi connectivity index (χ2n) is 19.9. The Kier molecular flexibility index (Phi) is 10.6. The van der Waals surface area contributed by atoms with Gasteiger partial charge in [0, 0.05) is 38.6 Å². The standard InChI is InChI=1S/C67H37B7N2/c68-58-55(59(69)63(73)65-56(58)57-60(70)61(71)62(72)64(74)66(57)76(65)46-30-24-40(25-31-46)38-14-4-1-5-15-38)42-27-35-53-50(36-42)49-34-26-41(39-16-6-2-7-17-39)37-54(49)75(53)45-32-28-44(29-33-45)67(43-18-8-3-9-19-43)51-22-12-10-20-47(51)48-21-11-13-23-52(48)67/h1-37H. The van der Waals surface area contributed by atoms with Gasteiger partial charge < -0.3 is 9.13 Å². The van der Waals surface area contributed by atoms with Gasteiger partial charge in [0.15, 0.2) is 0 Å². The SMILES string of the molecule is [B]c1c([B])c([B])c2c(c1[B])c1c([B])c(-c3ccc4c(c3)c3ccc(-c5ccccc5)cc3n4-c3ccc(C4(c5ccccc5)c5ccccc5-c5ccccc54)cc3)c([B])c([B])c1n2-c1ccc(-c2ccccc2)cc1. The maximum atomic E-state index is 7.48. The van der Waals surface area contributed by atoms with Crippen LogP contribution in [0, 0.1) is 0 Å². The molecule has 0 saturated carbocycles. The fourth-order valence-corrected chi connectivity index (χ4v) is 12.5. The zero-order valence-corrected chi connectivity index (χ0v) is 41.3. The third-order valence-electron chi connectivity index (χ3n) is 16.0. The summed E-state index contributed by atoms with van der Waals surface area (Å²) in [5, 5.41) is 3.19. The highest BCUT2D eigenvalue weighted by Crippen LogP contribution is 2.56. The van der Waals surface area contributed by atoms with Crippen LogP contribution in [0.15, 0.2) is 224 Å². The highest BCUT2D eigenvalue weighted by Gasteiger charge is 2.45. The van der Waals surface area contributed by atoms with Gasteiger partial charge >= 0.3 is 0 Å². The molecule has 13 aromatic rings. The second kappa shape index (κ2) is 17.5. The first-order chi connectivity index (χ1) is 37.1. The Bertz CT molecular complexity index is 4460. The molecule has 0 N–H and O–H groups in total. The molecule has 0 bridgehead atoms. The predicted molar refractivity (Wildman–Crippen MR) is 326 cm³/mol. The van der Waals surface area contributed by atoms with Crippen LogP contribution in [0.1, 0.15) is 22.3 Å². The summed E-state index contributed by atoms with van der Waals surface area (Å²) in [7, 11) is 49.1. The molecule has 14 radical (unpaired) electrons. The van der Waals surface area contributed by atoms with Crippen LogP contribution in [-0.4, -0.2) is 64.1 Å². The molecule has 336 valence electrons. The van der Waals surface area contributed by atoms with Crippen LogP contribution in [0.5, 0.6) is 0 Å². The first-order valence-corrected chi connectivity index (χ1v) is 25.4. The highest BCUT2D eigenvalue weighted by atomic mass is 15.0. The van der Waals surface area contributed by atoms with E-state index in [1.807, 2.05) is 41.0 Å². The monoisotopic (exact) mass is 946 g/mol. The van der Waals surface area contributed by atoms with Crippen LogP contribution >= 0.6 is 0 Å². The average molecular weight is 946 g/mol. The van der Waals surface area contributed by atoms with Gasteiger partial charge in [-0.2, -0.15) is 0 Å². The van der Waals surface area contributed by atoms with Crippen LogP contribution in [0.3, 0.4) is 0 Å². The van der Waals surface area contributed by atoms with Crippen molar-refractivity contribution in [3.8, 4) is 55.9 Å². The van der Waals surface area contributed by atoms with Crippen molar-refractivity contribution in [3.63, 3.8) is 0 Å². The third-order valence-corrected chi connectivity index (χ3v) is 16.0. The average Bonchev–Trinajstić information content (AvgIpc) is 4.30. The van der Waals surface area contributed by atoms with Crippen molar-refractivity contribution >= 4 is 137 Å². The predicted octanol–water partition coefficient (Wildman–Crippen LogP) is 8.80. The zero-order valence-electron chi connectivity index (χ0n) is 41.3. The summed E-state index contributed by atoms with van der Waals surface area (Å²) >= 11 is 0. The zero-order chi connectivity index (χ0) is 51.6. The van der Waals surface area contributed by atoms with Crippen molar-refractivity contribution in [2.24, 2.45) is 0 Å². The van der Waals surface area contributed by atoms with Gasteiger partial charge in [-0.05, 0) is 115 Å². The number of fused-ring (bicyclic) bond motifs is 9. The van der Waals surface area contributed by atoms with Crippen molar-refractivity contribution in [1.82, 2.24) is 9.13 Å². The maximum Gasteiger partial charge on any atom is 0.115 e. The topological polar surface area (TPSA) is 9.86 Å². The molecule has 2 heterocycles. The van der Waals surface area contributed by atoms with E-state index in [1.165, 1.54) is 33.4 Å². The van der Waals surface area contributed by atoms with Crippen molar-refractivity contribution in [1.29, 1.82) is 0 Å². The van der Waals surface area contributed by atoms with Crippen LogP contribution in [0.2, 0.25) is 0 Å². The van der Waals surface area contributed by atoms with Gasteiger partial charge in [-0.3, -0.25) is 0 Å². The maximum absolute atomic E-state index is 7.48. The van der Waals surface area contributed by atoms with Gasteiger partial charge in [-0.15, -0.1) is 10.9 Å². The smallest absolute Gasteiger partial charge is 0.115 e. The Hall–Kier alpha value is -8.53. The summed E-state index contributed by atoms with van der Waals surface area (Å²) < 4.78 is 4.30. The lowest BCUT2D eigenvalue weighted by Crippen LogP contribution is -2.48. The molecule has 1 aliphatic rings. The lowest BCUT2D eigenvalue weighted by atomic mass is 9.64. The molecular weight excluding hydrogens is 908 g/mol. The van der Waals surface area contributed by atoms with Crippen LogP contribution in [0.25, 0.3) is 99.5 Å².